The summed E-state index contributed by atoms with van der Waals surface area (Å²) in [6.45, 7) is 1.90. The van der Waals surface area contributed by atoms with Crippen LogP contribution >= 0.6 is 0 Å². The third-order valence-electron chi connectivity index (χ3n) is 4.33. The average molecular weight is 353 g/mol. The summed E-state index contributed by atoms with van der Waals surface area (Å²) in [5.41, 5.74) is 2.33. The van der Waals surface area contributed by atoms with Gasteiger partial charge in [0.15, 0.2) is 0 Å². The first kappa shape index (κ1) is 17.8. The number of hydrogen-bond acceptors (Lipinski definition) is 3. The number of hydrogen-bond donors (Lipinski definition) is 3. The third kappa shape index (κ3) is 4.53. The molecular weight excluding hydrogens is 330 g/mol. The van der Waals surface area contributed by atoms with Gasteiger partial charge in [-0.05, 0) is 49.6 Å². The second-order valence-electron chi connectivity index (χ2n) is 6.41. The van der Waals surface area contributed by atoms with Crippen LogP contribution < -0.4 is 20.7 Å². The predicted octanol–water partition coefficient (Wildman–Crippen LogP) is 3.93. The quantitative estimate of drug-likeness (QED) is 0.736. The smallest absolute Gasteiger partial charge is 0.319 e. The number of nitrogens with one attached hydrogen (secondary N) is 3. The van der Waals surface area contributed by atoms with Gasteiger partial charge in [-0.15, -0.1) is 0 Å². The van der Waals surface area contributed by atoms with Crippen molar-refractivity contribution in [3.05, 3.63) is 54.1 Å². The van der Waals surface area contributed by atoms with Gasteiger partial charge < -0.3 is 20.7 Å². The van der Waals surface area contributed by atoms with Gasteiger partial charge in [-0.25, -0.2) is 4.79 Å². The summed E-state index contributed by atoms with van der Waals surface area (Å²) in [7, 11) is 1.56. The van der Waals surface area contributed by atoms with Gasteiger partial charge >= 0.3 is 6.03 Å². The van der Waals surface area contributed by atoms with Gasteiger partial charge in [0.1, 0.15) is 5.75 Å². The van der Waals surface area contributed by atoms with E-state index in [9.17, 15) is 9.59 Å². The summed E-state index contributed by atoms with van der Waals surface area (Å²) in [5.74, 6) is 0.861. The Morgan fingerprint density at radius 3 is 2.38 bits per heavy atom. The molecule has 0 aliphatic heterocycles. The van der Waals surface area contributed by atoms with Gasteiger partial charge in [0.05, 0.1) is 18.8 Å². The van der Waals surface area contributed by atoms with E-state index in [4.69, 9.17) is 4.74 Å². The zero-order valence-electron chi connectivity index (χ0n) is 14.9. The molecule has 1 aliphatic carbocycles. The van der Waals surface area contributed by atoms with Crippen LogP contribution in [0, 0.1) is 5.92 Å². The summed E-state index contributed by atoms with van der Waals surface area (Å²) in [5, 5.41) is 8.58. The molecule has 0 radical (unpaired) electrons. The lowest BCUT2D eigenvalue weighted by atomic mass is 10.1. The SMILES string of the molecule is COc1ccccc1NC(=O)NC(C)c1ccc(NC(=O)C2CC2)cc1. The van der Waals surface area contributed by atoms with Crippen molar-refractivity contribution in [3.63, 3.8) is 0 Å². The average Bonchev–Trinajstić information content (AvgIpc) is 3.48. The molecule has 26 heavy (non-hydrogen) atoms. The number of urea groups is 1. The van der Waals surface area contributed by atoms with E-state index < -0.39 is 0 Å². The minimum atomic E-state index is -0.312. The largest absolute Gasteiger partial charge is 0.495 e. The maximum Gasteiger partial charge on any atom is 0.319 e. The molecule has 6 heteroatoms. The Morgan fingerprint density at radius 2 is 1.73 bits per heavy atom. The molecule has 0 bridgehead atoms. The predicted molar refractivity (Wildman–Crippen MR) is 101 cm³/mol. The molecular formula is C20H23N3O3. The molecule has 0 saturated heterocycles. The molecule has 2 aromatic carbocycles. The summed E-state index contributed by atoms with van der Waals surface area (Å²) < 4.78 is 5.22. The minimum Gasteiger partial charge on any atom is -0.495 e. The van der Waals surface area contributed by atoms with Crippen molar-refractivity contribution in [2.75, 3.05) is 17.7 Å². The van der Waals surface area contributed by atoms with Gasteiger partial charge in [0, 0.05) is 11.6 Å². The van der Waals surface area contributed by atoms with Gasteiger partial charge in [0.2, 0.25) is 5.91 Å². The first-order valence-corrected chi connectivity index (χ1v) is 8.68. The number of rotatable bonds is 6. The molecule has 3 rings (SSSR count). The molecule has 3 N–H and O–H groups in total. The summed E-state index contributed by atoms with van der Waals surface area (Å²) in [6.07, 6.45) is 1.96. The Balaban J connectivity index is 1.55. The molecule has 2 aromatic rings. The Labute approximate surface area is 152 Å². The Morgan fingerprint density at radius 1 is 1.04 bits per heavy atom. The van der Waals surface area contributed by atoms with Crippen molar-refractivity contribution in [2.24, 2.45) is 5.92 Å². The van der Waals surface area contributed by atoms with E-state index in [1.165, 1.54) is 0 Å². The highest BCUT2D eigenvalue weighted by Crippen LogP contribution is 2.30. The first-order chi connectivity index (χ1) is 12.6. The molecule has 1 saturated carbocycles. The van der Waals surface area contributed by atoms with Crippen molar-refractivity contribution < 1.29 is 14.3 Å². The van der Waals surface area contributed by atoms with Crippen LogP contribution in [0.4, 0.5) is 16.2 Å². The van der Waals surface area contributed by atoms with E-state index in [1.54, 1.807) is 19.2 Å². The number of benzene rings is 2. The highest BCUT2D eigenvalue weighted by molar-refractivity contribution is 5.94. The van der Waals surface area contributed by atoms with Gasteiger partial charge in [-0.1, -0.05) is 24.3 Å². The molecule has 1 aliphatic rings. The number of carbonyl (C=O) groups excluding carboxylic acids is 2. The monoisotopic (exact) mass is 353 g/mol. The Bertz CT molecular complexity index is 785. The standard InChI is InChI=1S/C20H23N3O3/c1-13(21-20(25)23-17-5-3-4-6-18(17)26-2)14-9-11-16(12-10-14)22-19(24)15-7-8-15/h3-6,9-13,15H,7-8H2,1-2H3,(H,22,24)(H2,21,23,25). The first-order valence-electron chi connectivity index (χ1n) is 8.68. The van der Waals surface area contributed by atoms with Crippen LogP contribution in [0.25, 0.3) is 0 Å². The van der Waals surface area contributed by atoms with E-state index >= 15 is 0 Å². The van der Waals surface area contributed by atoms with E-state index in [2.05, 4.69) is 16.0 Å². The molecule has 6 nitrogen and oxygen atoms in total. The maximum absolute atomic E-state index is 12.2. The second kappa shape index (κ2) is 7.91. The van der Waals surface area contributed by atoms with Gasteiger partial charge in [-0.3, -0.25) is 4.79 Å². The lowest BCUT2D eigenvalue weighted by molar-refractivity contribution is -0.117. The van der Waals surface area contributed by atoms with Crippen LogP contribution in [0.1, 0.15) is 31.4 Å². The van der Waals surface area contributed by atoms with Crippen LogP contribution in [-0.4, -0.2) is 19.0 Å². The third-order valence-corrected chi connectivity index (χ3v) is 4.33. The van der Waals surface area contributed by atoms with Crippen LogP contribution in [-0.2, 0) is 4.79 Å². The number of amides is 3. The van der Waals surface area contributed by atoms with E-state index in [1.807, 2.05) is 43.3 Å². The lowest BCUT2D eigenvalue weighted by Gasteiger charge is -2.16. The Kier molecular flexibility index (Phi) is 5.41. The molecule has 136 valence electrons. The van der Waals surface area contributed by atoms with E-state index in [-0.39, 0.29) is 23.9 Å². The van der Waals surface area contributed by atoms with Gasteiger partial charge in [0.25, 0.3) is 0 Å². The summed E-state index contributed by atoms with van der Waals surface area (Å²) >= 11 is 0. The van der Waals surface area contributed by atoms with E-state index in [0.29, 0.717) is 11.4 Å². The van der Waals surface area contributed by atoms with E-state index in [0.717, 1.165) is 24.1 Å². The Hall–Kier alpha value is -3.02. The van der Waals surface area contributed by atoms with Crippen LogP contribution in [0.5, 0.6) is 5.75 Å². The maximum atomic E-state index is 12.2. The van der Waals surface area contributed by atoms with Gasteiger partial charge in [-0.2, -0.15) is 0 Å². The lowest BCUT2D eigenvalue weighted by Crippen LogP contribution is -2.31. The normalized spacial score (nSPS) is 14.2. The fourth-order valence-corrected chi connectivity index (χ4v) is 2.63. The molecule has 1 atom stereocenters. The second-order valence-corrected chi connectivity index (χ2v) is 6.41. The van der Waals surface area contributed by atoms with Crippen LogP contribution in [0.3, 0.4) is 0 Å². The molecule has 0 aromatic heterocycles. The van der Waals surface area contributed by atoms with Crippen molar-refractivity contribution in [1.29, 1.82) is 0 Å². The highest BCUT2D eigenvalue weighted by Gasteiger charge is 2.29. The number of ether oxygens (including phenoxy) is 1. The zero-order valence-corrected chi connectivity index (χ0v) is 14.9. The molecule has 1 unspecified atom stereocenters. The zero-order chi connectivity index (χ0) is 18.5. The molecule has 1 fully saturated rings. The van der Waals surface area contributed by atoms with Crippen molar-refractivity contribution in [1.82, 2.24) is 5.32 Å². The fraction of sp³-hybridized carbons (Fsp3) is 0.300. The topological polar surface area (TPSA) is 79.5 Å². The number of para-hydroxylation sites is 2. The summed E-state index contributed by atoms with van der Waals surface area (Å²) in [4.78, 5) is 24.0. The number of anilines is 2. The molecule has 0 heterocycles. The highest BCUT2D eigenvalue weighted by atomic mass is 16.5. The fourth-order valence-electron chi connectivity index (χ4n) is 2.63. The number of methoxy groups -OCH3 is 1. The van der Waals surface area contributed by atoms with Crippen molar-refractivity contribution in [2.45, 2.75) is 25.8 Å². The summed E-state index contributed by atoms with van der Waals surface area (Å²) in [6, 6.07) is 14.2. The number of carbonyl (C=O) groups is 2. The van der Waals surface area contributed by atoms with Crippen LogP contribution in [0.15, 0.2) is 48.5 Å². The molecule has 0 spiro atoms. The van der Waals surface area contributed by atoms with Crippen LogP contribution in [0.2, 0.25) is 0 Å². The van der Waals surface area contributed by atoms with Crippen molar-refractivity contribution >= 4 is 23.3 Å². The minimum absolute atomic E-state index is 0.0834. The van der Waals surface area contributed by atoms with Crippen molar-refractivity contribution in [3.8, 4) is 5.75 Å². The molecule has 3 amide bonds.